The first kappa shape index (κ1) is 10.0. The van der Waals surface area contributed by atoms with E-state index >= 15 is 0 Å². The van der Waals surface area contributed by atoms with Crippen LogP contribution in [0.1, 0.15) is 45.5 Å². The molecule has 1 unspecified atom stereocenters. The summed E-state index contributed by atoms with van der Waals surface area (Å²) in [5.74, 6) is 1.40. The Labute approximate surface area is 79.2 Å². The second-order valence-electron chi connectivity index (χ2n) is 3.34. The van der Waals surface area contributed by atoms with E-state index in [4.69, 9.17) is 5.73 Å². The van der Waals surface area contributed by atoms with E-state index in [0.717, 1.165) is 25.1 Å². The lowest BCUT2D eigenvalue weighted by molar-refractivity contribution is 0.480. The largest absolute Gasteiger partial charge is 0.368 e. The van der Waals surface area contributed by atoms with Crippen molar-refractivity contribution in [3.05, 3.63) is 5.82 Å². The fourth-order valence-corrected chi connectivity index (χ4v) is 1.21. The van der Waals surface area contributed by atoms with Gasteiger partial charge in [-0.3, -0.25) is 0 Å². The predicted molar refractivity (Wildman–Crippen MR) is 53.4 cm³/mol. The molecule has 1 atom stereocenters. The molecule has 13 heavy (non-hydrogen) atoms. The number of nitrogen functional groups attached to an aromatic ring is 1. The minimum absolute atomic E-state index is 0.345. The van der Waals surface area contributed by atoms with E-state index in [1.54, 1.807) is 0 Å². The lowest BCUT2D eigenvalue weighted by Crippen LogP contribution is -2.09. The SMILES string of the molecule is CCCc1nc(N)n(C(C)CC)n1. The molecular formula is C9H18N4. The summed E-state index contributed by atoms with van der Waals surface area (Å²) in [7, 11) is 0. The first-order valence-corrected chi connectivity index (χ1v) is 4.89. The highest BCUT2D eigenvalue weighted by atomic mass is 15.4. The lowest BCUT2D eigenvalue weighted by atomic mass is 10.3. The number of anilines is 1. The second-order valence-corrected chi connectivity index (χ2v) is 3.34. The molecule has 0 aliphatic rings. The molecule has 0 saturated heterocycles. The highest BCUT2D eigenvalue weighted by Crippen LogP contribution is 2.13. The molecule has 2 N–H and O–H groups in total. The zero-order valence-corrected chi connectivity index (χ0v) is 8.62. The van der Waals surface area contributed by atoms with Crippen molar-refractivity contribution in [3.63, 3.8) is 0 Å². The van der Waals surface area contributed by atoms with Gasteiger partial charge in [-0.05, 0) is 19.8 Å². The Bertz CT molecular complexity index is 267. The molecular weight excluding hydrogens is 164 g/mol. The molecule has 1 aromatic rings. The molecule has 0 amide bonds. The third-order valence-electron chi connectivity index (χ3n) is 2.18. The number of aryl methyl sites for hydroxylation is 1. The molecule has 1 aromatic heterocycles. The van der Waals surface area contributed by atoms with Crippen molar-refractivity contribution in [3.8, 4) is 0 Å². The van der Waals surface area contributed by atoms with Gasteiger partial charge in [0.05, 0.1) is 6.04 Å². The summed E-state index contributed by atoms with van der Waals surface area (Å²) in [6.45, 7) is 6.33. The van der Waals surface area contributed by atoms with Crippen molar-refractivity contribution in [2.24, 2.45) is 0 Å². The maximum atomic E-state index is 5.74. The van der Waals surface area contributed by atoms with Crippen LogP contribution in [0.25, 0.3) is 0 Å². The molecule has 1 rings (SSSR count). The van der Waals surface area contributed by atoms with Gasteiger partial charge in [0.15, 0.2) is 5.82 Å². The summed E-state index contributed by atoms with van der Waals surface area (Å²) in [5.41, 5.74) is 5.74. The zero-order valence-electron chi connectivity index (χ0n) is 8.62. The molecule has 0 aromatic carbocycles. The van der Waals surface area contributed by atoms with Crippen molar-refractivity contribution in [1.82, 2.24) is 14.8 Å². The second kappa shape index (κ2) is 4.25. The summed E-state index contributed by atoms with van der Waals surface area (Å²) in [6, 6.07) is 0.345. The molecule has 0 saturated carbocycles. The van der Waals surface area contributed by atoms with Crippen LogP contribution in [0.3, 0.4) is 0 Å². The van der Waals surface area contributed by atoms with Crippen molar-refractivity contribution < 1.29 is 0 Å². The van der Waals surface area contributed by atoms with Gasteiger partial charge in [-0.15, -0.1) is 0 Å². The van der Waals surface area contributed by atoms with Crippen LogP contribution in [0.2, 0.25) is 0 Å². The highest BCUT2D eigenvalue weighted by molar-refractivity contribution is 5.16. The Hall–Kier alpha value is -1.06. The van der Waals surface area contributed by atoms with Gasteiger partial charge < -0.3 is 5.73 Å². The van der Waals surface area contributed by atoms with Crippen molar-refractivity contribution >= 4 is 5.95 Å². The fraction of sp³-hybridized carbons (Fsp3) is 0.778. The normalized spacial score (nSPS) is 13.2. The number of nitrogens with two attached hydrogens (primary N) is 1. The van der Waals surface area contributed by atoms with Crippen molar-refractivity contribution in [1.29, 1.82) is 0 Å². The third kappa shape index (κ3) is 2.20. The van der Waals surface area contributed by atoms with Crippen LogP contribution in [0.5, 0.6) is 0 Å². The van der Waals surface area contributed by atoms with E-state index in [1.165, 1.54) is 0 Å². The summed E-state index contributed by atoms with van der Waals surface area (Å²) >= 11 is 0. The van der Waals surface area contributed by atoms with Crippen molar-refractivity contribution in [2.75, 3.05) is 5.73 Å². The minimum atomic E-state index is 0.345. The summed E-state index contributed by atoms with van der Waals surface area (Å²) in [4.78, 5) is 4.20. The quantitative estimate of drug-likeness (QED) is 0.772. The lowest BCUT2D eigenvalue weighted by Gasteiger charge is -2.08. The smallest absolute Gasteiger partial charge is 0.218 e. The van der Waals surface area contributed by atoms with E-state index < -0.39 is 0 Å². The highest BCUT2D eigenvalue weighted by Gasteiger charge is 2.10. The maximum Gasteiger partial charge on any atom is 0.218 e. The molecule has 74 valence electrons. The fourth-order valence-electron chi connectivity index (χ4n) is 1.21. The first-order valence-electron chi connectivity index (χ1n) is 4.89. The number of aromatic nitrogens is 3. The number of hydrogen-bond donors (Lipinski definition) is 1. The van der Waals surface area contributed by atoms with Crippen LogP contribution < -0.4 is 5.73 Å². The van der Waals surface area contributed by atoms with Gasteiger partial charge in [0, 0.05) is 6.42 Å². The van der Waals surface area contributed by atoms with Crippen LogP contribution >= 0.6 is 0 Å². The average molecular weight is 182 g/mol. The van der Waals surface area contributed by atoms with Crippen LogP contribution in [0, 0.1) is 0 Å². The van der Waals surface area contributed by atoms with E-state index in [9.17, 15) is 0 Å². The Morgan fingerprint density at radius 2 is 2.15 bits per heavy atom. The first-order chi connectivity index (χ1) is 6.19. The number of rotatable bonds is 4. The Kier molecular flexibility index (Phi) is 3.28. The zero-order chi connectivity index (χ0) is 9.84. The topological polar surface area (TPSA) is 56.7 Å². The average Bonchev–Trinajstić information content (AvgIpc) is 2.46. The van der Waals surface area contributed by atoms with Crippen LogP contribution in [-0.4, -0.2) is 14.8 Å². The Morgan fingerprint density at radius 3 is 2.69 bits per heavy atom. The molecule has 1 heterocycles. The Morgan fingerprint density at radius 1 is 1.46 bits per heavy atom. The third-order valence-corrected chi connectivity index (χ3v) is 2.18. The summed E-state index contributed by atoms with van der Waals surface area (Å²) in [6.07, 6.45) is 3.00. The van der Waals surface area contributed by atoms with Gasteiger partial charge in [0.1, 0.15) is 0 Å². The number of nitrogens with zero attached hydrogens (tertiary/aromatic N) is 3. The van der Waals surface area contributed by atoms with E-state index in [-0.39, 0.29) is 0 Å². The van der Waals surface area contributed by atoms with Crippen LogP contribution in [-0.2, 0) is 6.42 Å². The maximum absolute atomic E-state index is 5.74. The van der Waals surface area contributed by atoms with E-state index in [2.05, 4.69) is 30.9 Å². The molecule has 4 nitrogen and oxygen atoms in total. The molecule has 0 aliphatic carbocycles. The minimum Gasteiger partial charge on any atom is -0.368 e. The molecule has 0 radical (unpaired) electrons. The molecule has 0 aliphatic heterocycles. The van der Waals surface area contributed by atoms with Gasteiger partial charge in [0.25, 0.3) is 0 Å². The molecule has 0 bridgehead atoms. The summed E-state index contributed by atoms with van der Waals surface area (Å²) < 4.78 is 1.81. The number of hydrogen-bond acceptors (Lipinski definition) is 3. The van der Waals surface area contributed by atoms with Gasteiger partial charge in [0.2, 0.25) is 5.95 Å². The van der Waals surface area contributed by atoms with Gasteiger partial charge >= 0.3 is 0 Å². The van der Waals surface area contributed by atoms with E-state index in [0.29, 0.717) is 12.0 Å². The standard InChI is InChI=1S/C9H18N4/c1-4-6-8-11-9(10)13(12-8)7(3)5-2/h7H,4-6H2,1-3H3,(H2,10,11,12). The predicted octanol–water partition coefficient (Wildman–Crippen LogP) is 1.78. The molecule has 4 heteroatoms. The monoisotopic (exact) mass is 182 g/mol. The van der Waals surface area contributed by atoms with Crippen LogP contribution in [0.15, 0.2) is 0 Å². The Balaban J connectivity index is 2.82. The molecule has 0 fully saturated rings. The molecule has 0 spiro atoms. The van der Waals surface area contributed by atoms with Crippen LogP contribution in [0.4, 0.5) is 5.95 Å². The van der Waals surface area contributed by atoms with E-state index in [1.807, 2.05) is 4.68 Å². The van der Waals surface area contributed by atoms with Gasteiger partial charge in [-0.2, -0.15) is 10.1 Å². The summed E-state index contributed by atoms with van der Waals surface area (Å²) in [5, 5.41) is 4.35. The van der Waals surface area contributed by atoms with Gasteiger partial charge in [-0.25, -0.2) is 4.68 Å². The van der Waals surface area contributed by atoms with Crippen molar-refractivity contribution in [2.45, 2.75) is 46.1 Å². The van der Waals surface area contributed by atoms with Gasteiger partial charge in [-0.1, -0.05) is 13.8 Å².